The van der Waals surface area contributed by atoms with E-state index in [-0.39, 0.29) is 0 Å². The molecule has 0 aliphatic carbocycles. The molecule has 0 aliphatic rings. The first-order chi connectivity index (χ1) is 9.24. The molecule has 1 aromatic carbocycles. The lowest BCUT2D eigenvalue weighted by Crippen LogP contribution is -2.24. The first-order valence-electron chi connectivity index (χ1n) is 7.27. The molecule has 0 saturated carbocycles. The van der Waals surface area contributed by atoms with Crippen LogP contribution in [0.15, 0.2) is 18.2 Å². The van der Waals surface area contributed by atoms with Crippen molar-refractivity contribution < 1.29 is 4.74 Å². The van der Waals surface area contributed by atoms with E-state index in [0.717, 1.165) is 31.9 Å². The molecule has 0 bridgehead atoms. The SMILES string of the molecule is CCCN(CCC)Cc1ccc(CNC)c(OC)c1. The van der Waals surface area contributed by atoms with Gasteiger partial charge in [-0.3, -0.25) is 4.90 Å². The first kappa shape index (κ1) is 16.0. The Bertz CT molecular complexity index is 360. The largest absolute Gasteiger partial charge is 0.496 e. The standard InChI is InChI=1S/C16H28N2O/c1-5-9-18(10-6-2)13-14-7-8-15(12-17-3)16(11-14)19-4/h7-8,11,17H,5-6,9-10,12-13H2,1-4H3. The summed E-state index contributed by atoms with van der Waals surface area (Å²) in [5, 5.41) is 3.17. The summed E-state index contributed by atoms with van der Waals surface area (Å²) in [7, 11) is 3.70. The molecular formula is C16H28N2O. The van der Waals surface area contributed by atoms with Gasteiger partial charge in [0.05, 0.1) is 7.11 Å². The predicted octanol–water partition coefficient (Wildman–Crippen LogP) is 3.04. The van der Waals surface area contributed by atoms with Gasteiger partial charge in [0.1, 0.15) is 5.75 Å². The average Bonchev–Trinajstić information content (AvgIpc) is 2.41. The number of methoxy groups -OCH3 is 1. The Labute approximate surface area is 118 Å². The van der Waals surface area contributed by atoms with Gasteiger partial charge in [-0.2, -0.15) is 0 Å². The molecule has 0 spiro atoms. The summed E-state index contributed by atoms with van der Waals surface area (Å²) in [6, 6.07) is 6.55. The average molecular weight is 264 g/mol. The van der Waals surface area contributed by atoms with Gasteiger partial charge in [-0.25, -0.2) is 0 Å². The molecule has 1 rings (SSSR count). The number of hydrogen-bond donors (Lipinski definition) is 1. The number of nitrogens with one attached hydrogen (secondary N) is 1. The van der Waals surface area contributed by atoms with Crippen LogP contribution < -0.4 is 10.1 Å². The van der Waals surface area contributed by atoms with E-state index in [4.69, 9.17) is 4.74 Å². The second kappa shape index (κ2) is 8.94. The maximum Gasteiger partial charge on any atom is 0.123 e. The van der Waals surface area contributed by atoms with Gasteiger partial charge in [0.2, 0.25) is 0 Å². The van der Waals surface area contributed by atoms with Crippen LogP contribution in [0.1, 0.15) is 37.8 Å². The molecule has 0 radical (unpaired) electrons. The highest BCUT2D eigenvalue weighted by atomic mass is 16.5. The Hall–Kier alpha value is -1.06. The molecule has 3 heteroatoms. The van der Waals surface area contributed by atoms with Crippen LogP contribution in [0.4, 0.5) is 0 Å². The third-order valence-electron chi connectivity index (χ3n) is 3.20. The van der Waals surface area contributed by atoms with Crippen molar-refractivity contribution >= 4 is 0 Å². The monoisotopic (exact) mass is 264 g/mol. The van der Waals surface area contributed by atoms with E-state index in [1.165, 1.54) is 24.0 Å². The van der Waals surface area contributed by atoms with Crippen LogP contribution in [-0.4, -0.2) is 32.1 Å². The number of ether oxygens (including phenoxy) is 1. The van der Waals surface area contributed by atoms with Crippen molar-refractivity contribution in [2.24, 2.45) is 0 Å². The summed E-state index contributed by atoms with van der Waals surface area (Å²) in [4.78, 5) is 2.51. The Morgan fingerprint density at radius 3 is 2.37 bits per heavy atom. The minimum absolute atomic E-state index is 0.844. The molecule has 19 heavy (non-hydrogen) atoms. The van der Waals surface area contributed by atoms with Gasteiger partial charge in [-0.15, -0.1) is 0 Å². The van der Waals surface area contributed by atoms with Crippen molar-refractivity contribution in [1.29, 1.82) is 0 Å². The van der Waals surface area contributed by atoms with Crippen LogP contribution in [0.3, 0.4) is 0 Å². The summed E-state index contributed by atoms with van der Waals surface area (Å²) in [6.07, 6.45) is 2.41. The summed E-state index contributed by atoms with van der Waals surface area (Å²) in [5.74, 6) is 0.986. The smallest absolute Gasteiger partial charge is 0.123 e. The lowest BCUT2D eigenvalue weighted by molar-refractivity contribution is 0.266. The fraction of sp³-hybridized carbons (Fsp3) is 0.625. The molecule has 0 saturated heterocycles. The number of nitrogens with zero attached hydrogens (tertiary/aromatic N) is 1. The van der Waals surface area contributed by atoms with Gasteiger partial charge in [-0.1, -0.05) is 26.0 Å². The number of benzene rings is 1. The quantitative estimate of drug-likeness (QED) is 0.742. The van der Waals surface area contributed by atoms with Crippen molar-refractivity contribution in [2.75, 3.05) is 27.2 Å². The van der Waals surface area contributed by atoms with Gasteiger partial charge < -0.3 is 10.1 Å². The maximum atomic E-state index is 5.48. The molecule has 3 nitrogen and oxygen atoms in total. The second-order valence-corrected chi connectivity index (χ2v) is 4.95. The molecule has 0 aliphatic heterocycles. The van der Waals surface area contributed by atoms with Gasteiger partial charge in [0, 0.05) is 18.7 Å². The van der Waals surface area contributed by atoms with E-state index >= 15 is 0 Å². The molecule has 0 unspecified atom stereocenters. The zero-order chi connectivity index (χ0) is 14.1. The van der Waals surface area contributed by atoms with Crippen molar-refractivity contribution in [3.63, 3.8) is 0 Å². The zero-order valence-electron chi connectivity index (χ0n) is 12.8. The van der Waals surface area contributed by atoms with Crippen LogP contribution in [0.2, 0.25) is 0 Å². The summed E-state index contributed by atoms with van der Waals surface area (Å²) in [6.45, 7) is 8.65. The van der Waals surface area contributed by atoms with Gasteiger partial charge in [0.15, 0.2) is 0 Å². The van der Waals surface area contributed by atoms with E-state index in [9.17, 15) is 0 Å². The highest BCUT2D eigenvalue weighted by molar-refractivity contribution is 5.37. The predicted molar refractivity (Wildman–Crippen MR) is 81.6 cm³/mol. The fourth-order valence-corrected chi connectivity index (χ4v) is 2.38. The minimum Gasteiger partial charge on any atom is -0.496 e. The topological polar surface area (TPSA) is 24.5 Å². The molecule has 0 atom stereocenters. The van der Waals surface area contributed by atoms with Crippen molar-refractivity contribution in [1.82, 2.24) is 10.2 Å². The molecule has 0 amide bonds. The minimum atomic E-state index is 0.844. The highest BCUT2D eigenvalue weighted by Gasteiger charge is 2.07. The van der Waals surface area contributed by atoms with Crippen LogP contribution in [0.25, 0.3) is 0 Å². The van der Waals surface area contributed by atoms with Gasteiger partial charge >= 0.3 is 0 Å². The molecule has 1 N–H and O–H groups in total. The fourth-order valence-electron chi connectivity index (χ4n) is 2.38. The summed E-state index contributed by atoms with van der Waals surface area (Å²) in [5.41, 5.74) is 2.55. The molecule has 0 fully saturated rings. The van der Waals surface area contributed by atoms with Crippen molar-refractivity contribution in [2.45, 2.75) is 39.8 Å². The third-order valence-corrected chi connectivity index (χ3v) is 3.20. The molecule has 108 valence electrons. The Kier molecular flexibility index (Phi) is 7.53. The summed E-state index contributed by atoms with van der Waals surface area (Å²) < 4.78 is 5.48. The van der Waals surface area contributed by atoms with Crippen LogP contribution in [0, 0.1) is 0 Å². The maximum absolute atomic E-state index is 5.48. The Balaban J connectivity index is 2.77. The second-order valence-electron chi connectivity index (χ2n) is 4.95. The number of hydrogen-bond acceptors (Lipinski definition) is 3. The molecule has 1 aromatic rings. The Morgan fingerprint density at radius 2 is 1.84 bits per heavy atom. The van der Waals surface area contributed by atoms with Crippen LogP contribution >= 0.6 is 0 Å². The van der Waals surface area contributed by atoms with Gasteiger partial charge in [-0.05, 0) is 44.6 Å². The molecule has 0 heterocycles. The van der Waals surface area contributed by atoms with E-state index in [1.807, 2.05) is 7.05 Å². The lowest BCUT2D eigenvalue weighted by atomic mass is 10.1. The first-order valence-corrected chi connectivity index (χ1v) is 7.27. The van der Waals surface area contributed by atoms with Crippen LogP contribution in [0.5, 0.6) is 5.75 Å². The normalized spacial score (nSPS) is 11.0. The molecule has 0 aromatic heterocycles. The van der Waals surface area contributed by atoms with Crippen molar-refractivity contribution in [3.8, 4) is 5.75 Å². The lowest BCUT2D eigenvalue weighted by Gasteiger charge is -2.21. The molecular weight excluding hydrogens is 236 g/mol. The highest BCUT2D eigenvalue weighted by Crippen LogP contribution is 2.21. The van der Waals surface area contributed by atoms with E-state index < -0.39 is 0 Å². The number of rotatable bonds is 9. The van der Waals surface area contributed by atoms with E-state index in [1.54, 1.807) is 7.11 Å². The van der Waals surface area contributed by atoms with E-state index in [0.29, 0.717) is 0 Å². The van der Waals surface area contributed by atoms with E-state index in [2.05, 4.69) is 42.3 Å². The van der Waals surface area contributed by atoms with Gasteiger partial charge in [0.25, 0.3) is 0 Å². The van der Waals surface area contributed by atoms with Crippen LogP contribution in [-0.2, 0) is 13.1 Å². The summed E-state index contributed by atoms with van der Waals surface area (Å²) >= 11 is 0. The van der Waals surface area contributed by atoms with Crippen molar-refractivity contribution in [3.05, 3.63) is 29.3 Å². The third kappa shape index (κ3) is 5.21. The zero-order valence-corrected chi connectivity index (χ0v) is 12.8. The Morgan fingerprint density at radius 1 is 1.16 bits per heavy atom.